The monoisotopic (exact) mass is 143 g/mol. The van der Waals surface area contributed by atoms with Gasteiger partial charge in [-0.2, -0.15) is 0 Å². The van der Waals surface area contributed by atoms with Gasteiger partial charge in [0.2, 0.25) is 0 Å². The van der Waals surface area contributed by atoms with Gasteiger partial charge < -0.3 is 10.5 Å². The molecule has 10 heavy (non-hydrogen) atoms. The predicted octanol–water partition coefficient (Wildman–Crippen LogP) is 0.575. The van der Waals surface area contributed by atoms with E-state index in [2.05, 4.69) is 17.0 Å². The van der Waals surface area contributed by atoms with Gasteiger partial charge in [0.25, 0.3) is 0 Å². The topological polar surface area (TPSA) is 69.4 Å². The van der Waals surface area contributed by atoms with E-state index in [1.54, 1.807) is 6.08 Å². The van der Waals surface area contributed by atoms with Gasteiger partial charge in [-0.15, -0.1) is 6.58 Å². The first-order valence-corrected chi connectivity index (χ1v) is 2.78. The lowest BCUT2D eigenvalue weighted by atomic mass is 10.3. The Morgan fingerprint density at radius 2 is 2.20 bits per heavy atom. The van der Waals surface area contributed by atoms with Crippen LogP contribution in [0.2, 0.25) is 0 Å². The molecule has 4 heteroatoms. The van der Waals surface area contributed by atoms with Crippen LogP contribution in [0, 0.1) is 0 Å². The first kappa shape index (κ1) is 8.68. The third-order valence-electron chi connectivity index (χ3n) is 0.767. The molecule has 0 spiro atoms. The van der Waals surface area contributed by atoms with Gasteiger partial charge in [0.1, 0.15) is 0 Å². The number of esters is 1. The highest BCUT2D eigenvalue weighted by Crippen LogP contribution is 1.91. The highest BCUT2D eigenvalue weighted by atomic mass is 16.6. The van der Waals surface area contributed by atoms with Crippen LogP contribution in [-0.2, 0) is 9.53 Å². The quantitative estimate of drug-likeness (QED) is 0.357. The SMILES string of the molecule is C=CCCC(=O)OC(N)=O. The number of carbonyl (C=O) groups excluding carboxylic acids is 2. The zero-order valence-electron chi connectivity index (χ0n) is 5.50. The Kier molecular flexibility index (Phi) is 3.95. The molecule has 0 aliphatic rings. The fraction of sp³-hybridized carbons (Fsp3) is 0.333. The van der Waals surface area contributed by atoms with Crippen LogP contribution in [0.4, 0.5) is 4.79 Å². The Balaban J connectivity index is 3.43. The second kappa shape index (κ2) is 4.55. The van der Waals surface area contributed by atoms with Crippen molar-refractivity contribution in [1.82, 2.24) is 0 Å². The minimum Gasteiger partial charge on any atom is -0.376 e. The van der Waals surface area contributed by atoms with E-state index >= 15 is 0 Å². The Labute approximate surface area is 58.7 Å². The smallest absolute Gasteiger partial charge is 0.376 e. The van der Waals surface area contributed by atoms with Crippen molar-refractivity contribution in [2.75, 3.05) is 0 Å². The van der Waals surface area contributed by atoms with E-state index in [1.165, 1.54) is 0 Å². The summed E-state index contributed by atoms with van der Waals surface area (Å²) < 4.78 is 4.00. The van der Waals surface area contributed by atoms with Crippen LogP contribution in [0.1, 0.15) is 12.8 Å². The number of primary amides is 1. The highest BCUT2D eigenvalue weighted by Gasteiger charge is 2.03. The molecule has 0 saturated carbocycles. The predicted molar refractivity (Wildman–Crippen MR) is 35.1 cm³/mol. The van der Waals surface area contributed by atoms with Crippen LogP contribution < -0.4 is 5.73 Å². The van der Waals surface area contributed by atoms with Crippen molar-refractivity contribution in [3.8, 4) is 0 Å². The van der Waals surface area contributed by atoms with Crippen LogP contribution in [0.15, 0.2) is 12.7 Å². The Hall–Kier alpha value is -1.32. The zero-order chi connectivity index (χ0) is 7.98. The Morgan fingerprint density at radius 1 is 1.60 bits per heavy atom. The largest absolute Gasteiger partial charge is 0.412 e. The van der Waals surface area contributed by atoms with Gasteiger partial charge in [-0.3, -0.25) is 4.79 Å². The summed E-state index contributed by atoms with van der Waals surface area (Å²) in [7, 11) is 0. The van der Waals surface area contributed by atoms with Crippen molar-refractivity contribution >= 4 is 12.1 Å². The normalized spacial score (nSPS) is 8.40. The molecule has 0 aromatic carbocycles. The van der Waals surface area contributed by atoms with E-state index < -0.39 is 12.1 Å². The van der Waals surface area contributed by atoms with Crippen molar-refractivity contribution in [2.24, 2.45) is 5.73 Å². The molecule has 0 aromatic heterocycles. The molecule has 1 amide bonds. The minimum absolute atomic E-state index is 0.145. The van der Waals surface area contributed by atoms with Crippen LogP contribution >= 0.6 is 0 Å². The van der Waals surface area contributed by atoms with Gasteiger partial charge in [-0.25, -0.2) is 4.79 Å². The summed E-state index contributed by atoms with van der Waals surface area (Å²) in [4.78, 5) is 20.4. The van der Waals surface area contributed by atoms with Crippen LogP contribution in [0.25, 0.3) is 0 Å². The third-order valence-corrected chi connectivity index (χ3v) is 0.767. The van der Waals surface area contributed by atoms with Crippen molar-refractivity contribution in [1.29, 1.82) is 0 Å². The number of amides is 1. The summed E-state index contributed by atoms with van der Waals surface area (Å²) >= 11 is 0. The molecule has 0 saturated heterocycles. The molecule has 56 valence electrons. The fourth-order valence-corrected chi connectivity index (χ4v) is 0.383. The maximum Gasteiger partial charge on any atom is 0.412 e. The summed E-state index contributed by atoms with van der Waals surface area (Å²) in [5.41, 5.74) is 4.56. The summed E-state index contributed by atoms with van der Waals surface area (Å²) in [6, 6.07) is 0. The van der Waals surface area contributed by atoms with Crippen LogP contribution in [-0.4, -0.2) is 12.1 Å². The number of rotatable bonds is 3. The molecule has 0 radical (unpaired) electrons. The Morgan fingerprint density at radius 3 is 2.60 bits per heavy atom. The Bertz CT molecular complexity index is 153. The molecule has 0 aliphatic carbocycles. The molecule has 4 nitrogen and oxygen atoms in total. The molecule has 0 aliphatic heterocycles. The number of hydrogen-bond acceptors (Lipinski definition) is 3. The molecule has 0 heterocycles. The van der Waals surface area contributed by atoms with E-state index in [1.807, 2.05) is 0 Å². The van der Waals surface area contributed by atoms with Gasteiger partial charge >= 0.3 is 12.1 Å². The fourth-order valence-electron chi connectivity index (χ4n) is 0.383. The highest BCUT2D eigenvalue weighted by molar-refractivity contribution is 5.83. The maximum absolute atomic E-state index is 10.4. The molecule has 0 atom stereocenters. The molecule has 0 bridgehead atoms. The van der Waals surface area contributed by atoms with E-state index in [9.17, 15) is 9.59 Å². The first-order valence-electron chi connectivity index (χ1n) is 2.78. The van der Waals surface area contributed by atoms with Crippen molar-refractivity contribution in [3.05, 3.63) is 12.7 Å². The lowest BCUT2D eigenvalue weighted by Gasteiger charge is -1.94. The molecule has 0 fully saturated rings. The molecular weight excluding hydrogens is 134 g/mol. The first-order chi connectivity index (χ1) is 4.66. The average molecular weight is 143 g/mol. The standard InChI is InChI=1S/C6H9NO3/c1-2-3-4-5(8)10-6(7)9/h2H,1,3-4H2,(H2,7,9). The minimum atomic E-state index is -1.06. The lowest BCUT2D eigenvalue weighted by molar-refractivity contribution is -0.136. The summed E-state index contributed by atoms with van der Waals surface area (Å²) in [6.45, 7) is 3.39. The second-order valence-electron chi connectivity index (χ2n) is 1.62. The van der Waals surface area contributed by atoms with Gasteiger partial charge in [0, 0.05) is 6.42 Å². The summed E-state index contributed by atoms with van der Waals surface area (Å²) in [5, 5.41) is 0. The molecule has 0 rings (SSSR count). The van der Waals surface area contributed by atoms with Crippen molar-refractivity contribution < 1.29 is 14.3 Å². The summed E-state index contributed by atoms with van der Waals surface area (Å²) in [6.07, 6.45) is 1.13. The number of carbonyl (C=O) groups is 2. The number of nitrogens with two attached hydrogens (primary N) is 1. The van der Waals surface area contributed by atoms with Gasteiger partial charge in [0.15, 0.2) is 0 Å². The number of ether oxygens (including phenoxy) is 1. The molecule has 0 aromatic rings. The number of allylic oxidation sites excluding steroid dienone is 1. The second-order valence-corrected chi connectivity index (χ2v) is 1.62. The van der Waals surface area contributed by atoms with Gasteiger partial charge in [-0.05, 0) is 6.42 Å². The third kappa shape index (κ3) is 4.83. The van der Waals surface area contributed by atoms with Crippen LogP contribution in [0.5, 0.6) is 0 Å². The van der Waals surface area contributed by atoms with Gasteiger partial charge in [-0.1, -0.05) is 6.08 Å². The van der Waals surface area contributed by atoms with Crippen LogP contribution in [0.3, 0.4) is 0 Å². The summed E-state index contributed by atoms with van der Waals surface area (Å²) in [5.74, 6) is -0.618. The molecular formula is C6H9NO3. The zero-order valence-corrected chi connectivity index (χ0v) is 5.50. The van der Waals surface area contributed by atoms with Gasteiger partial charge in [0.05, 0.1) is 0 Å². The number of hydrogen-bond donors (Lipinski definition) is 1. The van der Waals surface area contributed by atoms with E-state index in [0.717, 1.165) is 0 Å². The lowest BCUT2D eigenvalue weighted by Crippen LogP contribution is -2.17. The average Bonchev–Trinajstić information content (AvgIpc) is 1.82. The van der Waals surface area contributed by atoms with E-state index in [0.29, 0.717) is 6.42 Å². The van der Waals surface area contributed by atoms with E-state index in [4.69, 9.17) is 0 Å². The van der Waals surface area contributed by atoms with E-state index in [-0.39, 0.29) is 6.42 Å². The van der Waals surface area contributed by atoms with Crippen molar-refractivity contribution in [3.63, 3.8) is 0 Å². The van der Waals surface area contributed by atoms with Crippen molar-refractivity contribution in [2.45, 2.75) is 12.8 Å². The molecule has 0 unspecified atom stereocenters. The molecule has 2 N–H and O–H groups in total. The maximum atomic E-state index is 10.4.